The van der Waals surface area contributed by atoms with Gasteiger partial charge in [-0.05, 0) is 51.5 Å². The van der Waals surface area contributed by atoms with Crippen LogP contribution in [0.25, 0.3) is 0 Å². The molecule has 1 aliphatic rings. The van der Waals surface area contributed by atoms with Crippen molar-refractivity contribution in [3.05, 3.63) is 59.7 Å². The molecule has 4 atom stereocenters. The molecule has 0 spiro atoms. The number of benzene rings is 2. The van der Waals surface area contributed by atoms with Gasteiger partial charge in [-0.3, -0.25) is 0 Å². The summed E-state index contributed by atoms with van der Waals surface area (Å²) in [4.78, 5) is 0.503. The molecule has 27 heavy (non-hydrogen) atoms. The fourth-order valence-corrected chi connectivity index (χ4v) is 7.72. The molecule has 0 aromatic heterocycles. The van der Waals surface area contributed by atoms with Crippen LogP contribution in [0.3, 0.4) is 0 Å². The molecule has 0 bridgehead atoms. The average molecular weight is 407 g/mol. The lowest BCUT2D eigenvalue weighted by Gasteiger charge is -2.13. The van der Waals surface area contributed by atoms with E-state index in [1.807, 2.05) is 32.9 Å². The van der Waals surface area contributed by atoms with Crippen LogP contribution in [0.1, 0.15) is 37.8 Å². The Hall–Kier alpha value is -1.70. The number of nitrogens with zero attached hydrogens (tertiary/aromatic N) is 2. The van der Waals surface area contributed by atoms with Crippen LogP contribution < -0.4 is 0 Å². The van der Waals surface area contributed by atoms with Gasteiger partial charge in [-0.25, -0.2) is 8.51 Å². The summed E-state index contributed by atoms with van der Waals surface area (Å²) in [6.07, 6.45) is 1.81. The Morgan fingerprint density at radius 3 is 1.85 bits per heavy atom. The maximum atomic E-state index is 14.0. The second-order valence-electron chi connectivity index (χ2n) is 7.13. The van der Waals surface area contributed by atoms with Crippen molar-refractivity contribution < 1.29 is 12.6 Å². The van der Waals surface area contributed by atoms with Crippen LogP contribution in [0.15, 0.2) is 62.1 Å². The van der Waals surface area contributed by atoms with Crippen LogP contribution in [-0.4, -0.2) is 29.0 Å². The maximum absolute atomic E-state index is 14.0. The van der Waals surface area contributed by atoms with Crippen LogP contribution in [0.4, 0.5) is 0 Å². The highest BCUT2D eigenvalue weighted by Crippen LogP contribution is 2.40. The molecule has 2 aromatic rings. The summed E-state index contributed by atoms with van der Waals surface area (Å²) < 4.78 is 45.6. The summed E-state index contributed by atoms with van der Waals surface area (Å²) >= 11 is 0. The van der Waals surface area contributed by atoms with E-state index in [9.17, 15) is 12.6 Å². The highest BCUT2D eigenvalue weighted by molar-refractivity contribution is 8.02. The van der Waals surface area contributed by atoms with Crippen LogP contribution in [0.5, 0.6) is 0 Å². The molecule has 7 heteroatoms. The van der Waals surface area contributed by atoms with Gasteiger partial charge in [0.1, 0.15) is 0 Å². The van der Waals surface area contributed by atoms with Crippen molar-refractivity contribution in [3.63, 3.8) is 0 Å². The summed E-state index contributed by atoms with van der Waals surface area (Å²) in [7, 11) is -7.31. The van der Waals surface area contributed by atoms with Gasteiger partial charge in [0.25, 0.3) is 10.0 Å². The van der Waals surface area contributed by atoms with E-state index in [1.54, 1.807) is 28.6 Å². The summed E-state index contributed by atoms with van der Waals surface area (Å²) in [6, 6.07) is 13.7. The van der Waals surface area contributed by atoms with Crippen molar-refractivity contribution in [2.45, 2.75) is 62.4 Å². The first-order chi connectivity index (χ1) is 12.7. The SMILES string of the molecule is CCC[C@H]1[C@H](C)N1S(=O)(=NS(=O)(=O)c1ccc(C)cc1)c1ccc(C)cc1. The molecule has 0 radical (unpaired) electrons. The summed E-state index contributed by atoms with van der Waals surface area (Å²) in [5, 5.41) is 0. The third-order valence-corrected chi connectivity index (χ3v) is 9.43. The standard InChI is InChI=1S/C20H26N2O3S2/c1-5-6-20-17(4)22(20)26(23,18-11-7-15(2)8-12-18)21-27(24,25)19-13-9-16(3)10-14-19/h7-14,17,20H,5-6H2,1-4H3/t17-,20-,22?,26?/m0/s1. The minimum atomic E-state index is -4.05. The molecule has 3 rings (SSSR count). The number of rotatable bonds is 6. The highest BCUT2D eigenvalue weighted by Gasteiger charge is 2.51. The zero-order chi connectivity index (χ0) is 19.8. The molecule has 1 fully saturated rings. The first-order valence-corrected chi connectivity index (χ1v) is 12.1. The Morgan fingerprint density at radius 1 is 0.889 bits per heavy atom. The lowest BCUT2D eigenvalue weighted by atomic mass is 10.2. The highest BCUT2D eigenvalue weighted by atomic mass is 32.3. The van der Waals surface area contributed by atoms with Crippen molar-refractivity contribution in [3.8, 4) is 0 Å². The molecule has 1 aliphatic heterocycles. The Morgan fingerprint density at radius 2 is 1.37 bits per heavy atom. The number of aryl methyl sites for hydroxylation is 2. The Labute approximate surface area is 162 Å². The zero-order valence-corrected chi connectivity index (χ0v) is 17.8. The minimum Gasteiger partial charge on any atom is -0.227 e. The summed E-state index contributed by atoms with van der Waals surface area (Å²) in [6.45, 7) is 7.86. The van der Waals surface area contributed by atoms with Gasteiger partial charge in [-0.1, -0.05) is 52.5 Å². The van der Waals surface area contributed by atoms with Gasteiger partial charge in [0, 0.05) is 12.1 Å². The summed E-state index contributed by atoms with van der Waals surface area (Å²) in [5.74, 6) is 0. The molecule has 1 heterocycles. The molecule has 1 saturated heterocycles. The zero-order valence-electron chi connectivity index (χ0n) is 16.1. The number of hydrogen-bond donors (Lipinski definition) is 0. The molecule has 0 saturated carbocycles. The van der Waals surface area contributed by atoms with Gasteiger partial charge >= 0.3 is 0 Å². The van der Waals surface area contributed by atoms with Crippen molar-refractivity contribution in [1.29, 1.82) is 0 Å². The number of hydrogen-bond acceptors (Lipinski definition) is 3. The Bertz CT molecular complexity index is 1040. The first kappa shape index (κ1) is 20.0. The van der Waals surface area contributed by atoms with Gasteiger partial charge in [0.05, 0.1) is 9.79 Å². The van der Waals surface area contributed by atoms with Crippen molar-refractivity contribution in [2.75, 3.05) is 0 Å². The van der Waals surface area contributed by atoms with Gasteiger partial charge in [-0.2, -0.15) is 8.42 Å². The third-order valence-electron chi connectivity index (χ3n) is 4.91. The third kappa shape index (κ3) is 3.95. The Kier molecular flexibility index (Phi) is 5.47. The largest absolute Gasteiger partial charge is 0.291 e. The quantitative estimate of drug-likeness (QED) is 0.672. The molecule has 146 valence electrons. The molecule has 0 aliphatic carbocycles. The Balaban J connectivity index is 2.15. The fraction of sp³-hybridized carbons (Fsp3) is 0.400. The lowest BCUT2D eigenvalue weighted by Crippen LogP contribution is -2.18. The normalized spacial score (nSPS) is 24.2. The smallest absolute Gasteiger partial charge is 0.227 e. The van der Waals surface area contributed by atoms with Gasteiger partial charge in [-0.15, -0.1) is 0 Å². The first-order valence-electron chi connectivity index (χ1n) is 9.14. The van der Waals surface area contributed by atoms with E-state index in [4.69, 9.17) is 0 Å². The molecular weight excluding hydrogens is 380 g/mol. The van der Waals surface area contributed by atoms with E-state index in [0.717, 1.165) is 24.0 Å². The summed E-state index contributed by atoms with van der Waals surface area (Å²) in [5.41, 5.74) is 1.97. The second-order valence-corrected chi connectivity index (χ2v) is 11.0. The van der Waals surface area contributed by atoms with Crippen LogP contribution in [0.2, 0.25) is 0 Å². The lowest BCUT2D eigenvalue weighted by molar-refractivity contribution is 0.594. The van der Waals surface area contributed by atoms with E-state index in [0.29, 0.717) is 4.90 Å². The van der Waals surface area contributed by atoms with Crippen molar-refractivity contribution in [1.82, 2.24) is 4.31 Å². The van der Waals surface area contributed by atoms with E-state index >= 15 is 0 Å². The van der Waals surface area contributed by atoms with Crippen LogP contribution >= 0.6 is 0 Å². The van der Waals surface area contributed by atoms with Crippen molar-refractivity contribution >= 4 is 19.9 Å². The van der Waals surface area contributed by atoms with Crippen LogP contribution in [0, 0.1) is 13.8 Å². The maximum Gasteiger partial charge on any atom is 0.291 e. The van der Waals surface area contributed by atoms with E-state index < -0.39 is 19.9 Å². The van der Waals surface area contributed by atoms with Crippen molar-refractivity contribution in [2.24, 2.45) is 3.77 Å². The minimum absolute atomic E-state index is 0.0377. The average Bonchev–Trinajstić information content (AvgIpc) is 3.26. The molecular formula is C20H26N2O3S2. The van der Waals surface area contributed by atoms with E-state index in [1.165, 1.54) is 12.1 Å². The van der Waals surface area contributed by atoms with Crippen LogP contribution in [-0.2, 0) is 19.9 Å². The molecule has 5 nitrogen and oxygen atoms in total. The predicted octanol–water partition coefficient (Wildman–Crippen LogP) is 4.31. The molecule has 0 N–H and O–H groups in total. The molecule has 2 unspecified atom stereocenters. The monoisotopic (exact) mass is 406 g/mol. The molecule has 0 amide bonds. The second kappa shape index (κ2) is 7.37. The predicted molar refractivity (Wildman–Crippen MR) is 108 cm³/mol. The topological polar surface area (TPSA) is 66.6 Å². The molecule has 2 aromatic carbocycles. The number of sulfonamides is 1. The van der Waals surface area contributed by atoms with Gasteiger partial charge < -0.3 is 0 Å². The van der Waals surface area contributed by atoms with E-state index in [-0.39, 0.29) is 17.0 Å². The van der Waals surface area contributed by atoms with Gasteiger partial charge in [0.2, 0.25) is 0 Å². The van der Waals surface area contributed by atoms with Gasteiger partial charge in [0.15, 0.2) is 9.92 Å². The van der Waals surface area contributed by atoms with E-state index in [2.05, 4.69) is 10.7 Å². The fourth-order valence-electron chi connectivity index (χ4n) is 3.26.